The number of nitrogens with one attached hydrogen (secondary N) is 1. The van der Waals surface area contributed by atoms with Crippen LogP contribution in [0, 0.1) is 6.92 Å². The van der Waals surface area contributed by atoms with Crippen LogP contribution < -0.4 is 5.32 Å². The Labute approximate surface area is 144 Å². The van der Waals surface area contributed by atoms with E-state index in [0.29, 0.717) is 5.69 Å². The number of aromatic nitrogens is 3. The van der Waals surface area contributed by atoms with Crippen molar-refractivity contribution in [2.75, 3.05) is 12.4 Å². The number of aryl methyl sites for hydroxylation is 1. The number of hydrogen-bond acceptors (Lipinski definition) is 6. The number of hydrogen-bond donors (Lipinski definition) is 2. The van der Waals surface area contributed by atoms with Gasteiger partial charge in [-0.15, -0.1) is 5.10 Å². The Balaban J connectivity index is 2.33. The molecule has 1 aromatic carbocycles. The van der Waals surface area contributed by atoms with Crippen LogP contribution >= 0.6 is 0 Å². The number of carboxylic acid groups (broad SMARTS) is 1. The molecule has 0 atom stereocenters. The van der Waals surface area contributed by atoms with Crippen molar-refractivity contribution < 1.29 is 18.3 Å². The van der Waals surface area contributed by atoms with Crippen molar-refractivity contribution in [3.05, 3.63) is 47.8 Å². The molecule has 2 aromatic heterocycles. The zero-order valence-corrected chi connectivity index (χ0v) is 14.4. The lowest BCUT2D eigenvalue weighted by Crippen LogP contribution is -2.08. The smallest absolute Gasteiger partial charge is 0.309 e. The molecule has 0 aliphatic carbocycles. The van der Waals surface area contributed by atoms with Crippen LogP contribution in [0.3, 0.4) is 0 Å². The van der Waals surface area contributed by atoms with Crippen LogP contribution in [0.15, 0.2) is 46.2 Å². The third-order valence-corrected chi connectivity index (χ3v) is 5.48. The van der Waals surface area contributed by atoms with E-state index < -0.39 is 15.8 Å². The maximum Gasteiger partial charge on any atom is 0.309 e. The van der Waals surface area contributed by atoms with Gasteiger partial charge in [-0.3, -0.25) is 4.79 Å². The van der Waals surface area contributed by atoms with E-state index in [1.165, 1.54) is 16.6 Å². The van der Waals surface area contributed by atoms with Gasteiger partial charge < -0.3 is 10.4 Å². The number of benzene rings is 1. The van der Waals surface area contributed by atoms with E-state index in [1.54, 1.807) is 38.2 Å². The number of carboxylic acids is 1. The molecule has 9 heteroatoms. The molecule has 2 N–H and O–H groups in total. The number of anilines is 1. The second kappa shape index (κ2) is 6.17. The fraction of sp³-hybridized carbons (Fsp3) is 0.188. The molecule has 0 unspecified atom stereocenters. The van der Waals surface area contributed by atoms with Crippen molar-refractivity contribution >= 4 is 27.3 Å². The quantitative estimate of drug-likeness (QED) is 0.709. The standard InChI is InChI=1S/C16H16N4O4S/c1-10-8-11(9-13(21)22)18-16-14(15(17-2)19-20(10)16)25(23,24)12-6-4-3-5-7-12/h3-8H,9H2,1-2H3,(H,17,19)(H,21,22). The Bertz CT molecular complexity index is 1060. The van der Waals surface area contributed by atoms with Gasteiger partial charge in [-0.25, -0.2) is 17.9 Å². The predicted molar refractivity (Wildman–Crippen MR) is 90.5 cm³/mol. The first-order chi connectivity index (χ1) is 11.8. The normalized spacial score (nSPS) is 11.6. The first-order valence-electron chi connectivity index (χ1n) is 7.43. The van der Waals surface area contributed by atoms with Crippen molar-refractivity contribution in [3.8, 4) is 0 Å². The zero-order chi connectivity index (χ0) is 18.2. The van der Waals surface area contributed by atoms with Gasteiger partial charge in [-0.2, -0.15) is 0 Å². The predicted octanol–water partition coefficient (Wildman–Crippen LogP) is 1.54. The lowest BCUT2D eigenvalue weighted by molar-refractivity contribution is -0.136. The molecule has 2 heterocycles. The van der Waals surface area contributed by atoms with E-state index in [4.69, 9.17) is 5.11 Å². The summed E-state index contributed by atoms with van der Waals surface area (Å²) >= 11 is 0. The molecule has 0 saturated heterocycles. The fourth-order valence-corrected chi connectivity index (χ4v) is 4.10. The topological polar surface area (TPSA) is 114 Å². The molecule has 130 valence electrons. The van der Waals surface area contributed by atoms with E-state index >= 15 is 0 Å². The highest BCUT2D eigenvalue weighted by Gasteiger charge is 2.29. The summed E-state index contributed by atoms with van der Waals surface area (Å²) in [6.07, 6.45) is -0.303. The summed E-state index contributed by atoms with van der Waals surface area (Å²) in [5.74, 6) is -0.885. The molecule has 3 aromatic rings. The molecule has 8 nitrogen and oxygen atoms in total. The summed E-state index contributed by atoms with van der Waals surface area (Å²) in [4.78, 5) is 15.3. The first kappa shape index (κ1) is 16.9. The Hall–Kier alpha value is -2.94. The molecular weight excluding hydrogens is 344 g/mol. The summed E-state index contributed by atoms with van der Waals surface area (Å²) in [7, 11) is -2.31. The van der Waals surface area contributed by atoms with Gasteiger partial charge in [0.2, 0.25) is 9.84 Å². The molecule has 3 rings (SSSR count). The summed E-state index contributed by atoms with van der Waals surface area (Å²) in [6.45, 7) is 1.71. The molecule has 0 bridgehead atoms. The van der Waals surface area contributed by atoms with Gasteiger partial charge in [-0.1, -0.05) is 18.2 Å². The second-order valence-corrected chi connectivity index (χ2v) is 7.33. The number of rotatable bonds is 5. The Morgan fingerprint density at radius 1 is 1.28 bits per heavy atom. The molecule has 25 heavy (non-hydrogen) atoms. The maximum atomic E-state index is 13.1. The van der Waals surface area contributed by atoms with Crippen LogP contribution in [-0.4, -0.2) is 41.1 Å². The highest BCUT2D eigenvalue weighted by molar-refractivity contribution is 7.91. The maximum absolute atomic E-state index is 13.1. The van der Waals surface area contributed by atoms with Crippen LogP contribution in [0.1, 0.15) is 11.4 Å². The lowest BCUT2D eigenvalue weighted by atomic mass is 10.2. The minimum Gasteiger partial charge on any atom is -0.481 e. The number of fused-ring (bicyclic) bond motifs is 1. The molecule has 0 fully saturated rings. The van der Waals surface area contributed by atoms with E-state index in [2.05, 4.69) is 15.4 Å². The van der Waals surface area contributed by atoms with Crippen molar-refractivity contribution in [1.29, 1.82) is 0 Å². The lowest BCUT2D eigenvalue weighted by Gasteiger charge is -2.06. The SMILES string of the molecule is CNc1nn2c(C)cc(CC(=O)O)nc2c1S(=O)(=O)c1ccccc1. The minimum absolute atomic E-state index is 0.0726. The summed E-state index contributed by atoms with van der Waals surface area (Å²) in [5, 5.41) is 16.0. The van der Waals surface area contributed by atoms with Crippen molar-refractivity contribution in [1.82, 2.24) is 14.6 Å². The third kappa shape index (κ3) is 2.93. The molecular formula is C16H16N4O4S. The van der Waals surface area contributed by atoms with E-state index in [0.717, 1.165) is 0 Å². The third-order valence-electron chi connectivity index (χ3n) is 3.67. The van der Waals surface area contributed by atoms with E-state index in [1.807, 2.05) is 0 Å². The average molecular weight is 360 g/mol. The molecule has 0 aliphatic rings. The fourth-order valence-electron chi connectivity index (χ4n) is 2.58. The van der Waals surface area contributed by atoms with Crippen molar-refractivity contribution in [2.45, 2.75) is 23.1 Å². The first-order valence-corrected chi connectivity index (χ1v) is 8.92. The minimum atomic E-state index is -3.88. The van der Waals surface area contributed by atoms with Gasteiger partial charge in [0.25, 0.3) is 0 Å². The van der Waals surface area contributed by atoms with Crippen LogP contribution in [0.25, 0.3) is 5.65 Å². The van der Waals surface area contributed by atoms with Gasteiger partial charge in [0.05, 0.1) is 17.0 Å². The van der Waals surface area contributed by atoms with Crippen LogP contribution in [0.5, 0.6) is 0 Å². The molecule has 0 saturated carbocycles. The second-order valence-electron chi connectivity index (χ2n) is 5.44. The molecule has 0 spiro atoms. The molecule has 0 radical (unpaired) electrons. The van der Waals surface area contributed by atoms with E-state index in [9.17, 15) is 13.2 Å². The van der Waals surface area contributed by atoms with Crippen molar-refractivity contribution in [2.24, 2.45) is 0 Å². The largest absolute Gasteiger partial charge is 0.481 e. The monoisotopic (exact) mass is 360 g/mol. The number of sulfone groups is 1. The van der Waals surface area contributed by atoms with Crippen LogP contribution in [0.2, 0.25) is 0 Å². The number of nitrogens with zero attached hydrogens (tertiary/aromatic N) is 3. The van der Waals surface area contributed by atoms with Gasteiger partial charge in [-0.05, 0) is 25.1 Å². The van der Waals surface area contributed by atoms with Gasteiger partial charge in [0.1, 0.15) is 0 Å². The highest BCUT2D eigenvalue weighted by Crippen LogP contribution is 2.31. The summed E-state index contributed by atoms with van der Waals surface area (Å²) < 4.78 is 27.6. The van der Waals surface area contributed by atoms with Gasteiger partial charge in [0, 0.05) is 12.7 Å². The van der Waals surface area contributed by atoms with Crippen LogP contribution in [0.4, 0.5) is 5.82 Å². The Morgan fingerprint density at radius 2 is 1.96 bits per heavy atom. The number of carbonyl (C=O) groups is 1. The average Bonchev–Trinajstić information content (AvgIpc) is 2.95. The van der Waals surface area contributed by atoms with Crippen molar-refractivity contribution in [3.63, 3.8) is 0 Å². The zero-order valence-electron chi connectivity index (χ0n) is 13.6. The van der Waals surface area contributed by atoms with Gasteiger partial charge >= 0.3 is 5.97 Å². The molecule has 0 amide bonds. The van der Waals surface area contributed by atoms with Gasteiger partial charge in [0.15, 0.2) is 16.4 Å². The Kier molecular flexibility index (Phi) is 4.17. The van der Waals surface area contributed by atoms with Crippen LogP contribution in [-0.2, 0) is 21.1 Å². The highest BCUT2D eigenvalue weighted by atomic mass is 32.2. The summed E-state index contributed by atoms with van der Waals surface area (Å²) in [5.41, 5.74) is 0.960. The molecule has 0 aliphatic heterocycles. The summed E-state index contributed by atoms with van der Waals surface area (Å²) in [6, 6.07) is 9.55. The Morgan fingerprint density at radius 3 is 2.56 bits per heavy atom. The number of aliphatic carboxylic acids is 1. The van der Waals surface area contributed by atoms with E-state index in [-0.39, 0.29) is 33.4 Å².